The first-order chi connectivity index (χ1) is 9.54. The standard InChI is InChI=1S/C15H14ClN3O/c1-9(2)13(7-17)19-15(20)12-8-18-14(16)11-6-4-3-5-10(11)12/h3-6,8-9,13H,1-2H3,(H,19,20). The first-order valence-electron chi connectivity index (χ1n) is 6.28. The van der Waals surface area contributed by atoms with E-state index in [1.165, 1.54) is 6.20 Å². The van der Waals surface area contributed by atoms with E-state index in [9.17, 15) is 4.79 Å². The highest BCUT2D eigenvalue weighted by Gasteiger charge is 2.18. The molecule has 0 saturated carbocycles. The number of amides is 1. The van der Waals surface area contributed by atoms with Gasteiger partial charge in [0.1, 0.15) is 11.2 Å². The summed E-state index contributed by atoms with van der Waals surface area (Å²) in [6.45, 7) is 3.76. The molecule has 0 bridgehead atoms. The van der Waals surface area contributed by atoms with Crippen molar-refractivity contribution in [2.24, 2.45) is 5.92 Å². The molecule has 4 nitrogen and oxygen atoms in total. The highest BCUT2D eigenvalue weighted by Crippen LogP contribution is 2.24. The number of nitrogens with one attached hydrogen (secondary N) is 1. The van der Waals surface area contributed by atoms with E-state index in [2.05, 4.69) is 16.4 Å². The minimum Gasteiger partial charge on any atom is -0.336 e. The number of halogens is 1. The predicted molar refractivity (Wildman–Crippen MR) is 78.5 cm³/mol. The van der Waals surface area contributed by atoms with Crippen molar-refractivity contribution in [1.82, 2.24) is 10.3 Å². The van der Waals surface area contributed by atoms with Crippen LogP contribution in [0.3, 0.4) is 0 Å². The quantitative estimate of drug-likeness (QED) is 0.882. The average Bonchev–Trinajstić information content (AvgIpc) is 2.45. The van der Waals surface area contributed by atoms with Gasteiger partial charge in [-0.1, -0.05) is 49.7 Å². The SMILES string of the molecule is CC(C)C(C#N)NC(=O)c1cnc(Cl)c2ccccc12. The van der Waals surface area contributed by atoms with Crippen molar-refractivity contribution in [3.63, 3.8) is 0 Å². The summed E-state index contributed by atoms with van der Waals surface area (Å²) in [5, 5.41) is 13.6. The van der Waals surface area contributed by atoms with Gasteiger partial charge in [-0.3, -0.25) is 4.79 Å². The van der Waals surface area contributed by atoms with Crippen LogP contribution >= 0.6 is 11.6 Å². The Hall–Kier alpha value is -2.12. The third kappa shape index (κ3) is 2.73. The highest BCUT2D eigenvalue weighted by atomic mass is 35.5. The predicted octanol–water partition coefficient (Wildman–Crippen LogP) is 3.17. The van der Waals surface area contributed by atoms with Crippen molar-refractivity contribution in [2.45, 2.75) is 19.9 Å². The molecule has 1 atom stereocenters. The van der Waals surface area contributed by atoms with Gasteiger partial charge in [0.25, 0.3) is 5.91 Å². The monoisotopic (exact) mass is 287 g/mol. The smallest absolute Gasteiger partial charge is 0.254 e. The first-order valence-corrected chi connectivity index (χ1v) is 6.66. The fourth-order valence-electron chi connectivity index (χ4n) is 1.91. The molecule has 1 heterocycles. The number of aromatic nitrogens is 1. The molecule has 1 aromatic heterocycles. The van der Waals surface area contributed by atoms with Crippen molar-refractivity contribution >= 4 is 28.3 Å². The second-order valence-corrected chi connectivity index (χ2v) is 5.19. The maximum atomic E-state index is 12.3. The summed E-state index contributed by atoms with van der Waals surface area (Å²) < 4.78 is 0. The minimum atomic E-state index is -0.531. The van der Waals surface area contributed by atoms with E-state index in [1.807, 2.05) is 38.1 Å². The molecule has 0 aliphatic rings. The molecule has 0 fully saturated rings. The molecule has 0 radical (unpaired) electrons. The molecule has 0 spiro atoms. The zero-order valence-electron chi connectivity index (χ0n) is 11.2. The molecule has 0 aliphatic heterocycles. The summed E-state index contributed by atoms with van der Waals surface area (Å²) in [7, 11) is 0. The Morgan fingerprint density at radius 3 is 2.60 bits per heavy atom. The second-order valence-electron chi connectivity index (χ2n) is 4.83. The molecular weight excluding hydrogens is 274 g/mol. The normalized spacial score (nSPS) is 12.2. The van der Waals surface area contributed by atoms with Crippen molar-refractivity contribution in [3.8, 4) is 6.07 Å². The van der Waals surface area contributed by atoms with Gasteiger partial charge in [0.2, 0.25) is 0 Å². The molecule has 1 amide bonds. The largest absolute Gasteiger partial charge is 0.336 e. The van der Waals surface area contributed by atoms with Gasteiger partial charge < -0.3 is 5.32 Å². The number of nitrogens with zero attached hydrogens (tertiary/aromatic N) is 2. The maximum absolute atomic E-state index is 12.3. The third-order valence-electron chi connectivity index (χ3n) is 3.08. The van der Waals surface area contributed by atoms with E-state index in [4.69, 9.17) is 16.9 Å². The number of hydrogen-bond acceptors (Lipinski definition) is 3. The number of nitriles is 1. The van der Waals surface area contributed by atoms with Gasteiger partial charge >= 0.3 is 0 Å². The molecule has 20 heavy (non-hydrogen) atoms. The van der Waals surface area contributed by atoms with Crippen molar-refractivity contribution in [3.05, 3.63) is 41.2 Å². The molecule has 2 aromatic rings. The highest BCUT2D eigenvalue weighted by molar-refractivity contribution is 6.34. The van der Waals surface area contributed by atoms with Crippen LogP contribution in [0.15, 0.2) is 30.5 Å². The van der Waals surface area contributed by atoms with Crippen molar-refractivity contribution in [2.75, 3.05) is 0 Å². The van der Waals surface area contributed by atoms with Gasteiger partial charge in [-0.05, 0) is 11.3 Å². The molecule has 0 aliphatic carbocycles. The van der Waals surface area contributed by atoms with Gasteiger partial charge in [0.15, 0.2) is 0 Å². The van der Waals surface area contributed by atoms with Crippen LogP contribution in [0.1, 0.15) is 24.2 Å². The molecule has 102 valence electrons. The Morgan fingerprint density at radius 2 is 2.00 bits per heavy atom. The Bertz CT molecular complexity index is 691. The van der Waals surface area contributed by atoms with Gasteiger partial charge in [-0.2, -0.15) is 5.26 Å². The summed E-state index contributed by atoms with van der Waals surface area (Å²) in [6.07, 6.45) is 1.44. The minimum absolute atomic E-state index is 0.0375. The fourth-order valence-corrected chi connectivity index (χ4v) is 2.12. The Balaban J connectivity index is 2.41. The Morgan fingerprint density at radius 1 is 1.35 bits per heavy atom. The van der Waals surface area contributed by atoms with Crippen molar-refractivity contribution in [1.29, 1.82) is 5.26 Å². The van der Waals surface area contributed by atoms with Crippen LogP contribution in [0.5, 0.6) is 0 Å². The van der Waals surface area contributed by atoms with Crippen molar-refractivity contribution < 1.29 is 4.79 Å². The lowest BCUT2D eigenvalue weighted by molar-refractivity contribution is 0.0939. The summed E-state index contributed by atoms with van der Waals surface area (Å²) >= 11 is 6.02. The van der Waals surface area contributed by atoms with E-state index >= 15 is 0 Å². The lowest BCUT2D eigenvalue weighted by Gasteiger charge is -2.15. The van der Waals surface area contributed by atoms with Crippen LogP contribution < -0.4 is 5.32 Å². The number of pyridine rings is 1. The number of benzene rings is 1. The topological polar surface area (TPSA) is 65.8 Å². The molecule has 5 heteroatoms. The van der Waals surface area contributed by atoms with Gasteiger partial charge in [0.05, 0.1) is 11.6 Å². The number of rotatable bonds is 3. The van der Waals surface area contributed by atoms with E-state index in [-0.39, 0.29) is 11.8 Å². The van der Waals surface area contributed by atoms with E-state index in [1.54, 1.807) is 0 Å². The Labute approximate surface area is 122 Å². The fraction of sp³-hybridized carbons (Fsp3) is 0.267. The lowest BCUT2D eigenvalue weighted by Crippen LogP contribution is -2.37. The number of hydrogen-bond donors (Lipinski definition) is 1. The summed E-state index contributed by atoms with van der Waals surface area (Å²) in [5.74, 6) is -0.277. The summed E-state index contributed by atoms with van der Waals surface area (Å²) in [6, 6.07) is 8.85. The molecule has 1 N–H and O–H groups in total. The number of fused-ring (bicyclic) bond motifs is 1. The van der Waals surface area contributed by atoms with Gasteiger partial charge in [-0.15, -0.1) is 0 Å². The molecule has 1 aromatic carbocycles. The molecule has 0 saturated heterocycles. The Kier molecular flexibility index (Phi) is 4.21. The second kappa shape index (κ2) is 5.89. The lowest BCUT2D eigenvalue weighted by atomic mass is 10.0. The maximum Gasteiger partial charge on any atom is 0.254 e. The first kappa shape index (κ1) is 14.3. The van der Waals surface area contributed by atoms with Crippen LogP contribution in [-0.2, 0) is 0 Å². The van der Waals surface area contributed by atoms with Crippen LogP contribution in [-0.4, -0.2) is 16.9 Å². The summed E-state index contributed by atoms with van der Waals surface area (Å²) in [5.41, 5.74) is 0.422. The average molecular weight is 288 g/mol. The van der Waals surface area contributed by atoms with E-state index in [0.717, 1.165) is 10.8 Å². The molecule has 1 unspecified atom stereocenters. The van der Waals surface area contributed by atoms with Crippen LogP contribution in [0.4, 0.5) is 0 Å². The third-order valence-corrected chi connectivity index (χ3v) is 3.38. The zero-order valence-corrected chi connectivity index (χ0v) is 12.0. The van der Waals surface area contributed by atoms with Crippen LogP contribution in [0.25, 0.3) is 10.8 Å². The zero-order chi connectivity index (χ0) is 14.7. The number of carbonyl (C=O) groups excluding carboxylic acids is 1. The number of carbonyl (C=O) groups is 1. The van der Waals surface area contributed by atoms with Crippen LogP contribution in [0, 0.1) is 17.2 Å². The van der Waals surface area contributed by atoms with Gasteiger partial charge in [0, 0.05) is 11.6 Å². The van der Waals surface area contributed by atoms with E-state index in [0.29, 0.717) is 10.7 Å². The van der Waals surface area contributed by atoms with E-state index < -0.39 is 6.04 Å². The van der Waals surface area contributed by atoms with Crippen LogP contribution in [0.2, 0.25) is 5.15 Å². The molecule has 2 rings (SSSR count). The molecular formula is C15H14ClN3O. The van der Waals surface area contributed by atoms with Gasteiger partial charge in [-0.25, -0.2) is 4.98 Å². The summed E-state index contributed by atoms with van der Waals surface area (Å²) in [4.78, 5) is 16.3.